The number of aromatic nitrogens is 2. The Hall–Kier alpha value is -1.54. The standard InChI is InChI=1S/C11H8F4N2OS/c1-10(18,7-3-2-6(12)4-16-7)8-5-17-9(19-8)11(13,14)15/h2-5,18H,1H3. The minimum Gasteiger partial charge on any atom is -0.378 e. The van der Waals surface area contributed by atoms with Crippen molar-refractivity contribution >= 4 is 11.3 Å². The number of hydrogen-bond acceptors (Lipinski definition) is 4. The summed E-state index contributed by atoms with van der Waals surface area (Å²) in [5, 5.41) is 9.19. The van der Waals surface area contributed by atoms with Gasteiger partial charge in [-0.05, 0) is 19.1 Å². The summed E-state index contributed by atoms with van der Waals surface area (Å²) in [4.78, 5) is 6.88. The van der Waals surface area contributed by atoms with Crippen LogP contribution in [0.3, 0.4) is 0 Å². The second kappa shape index (κ2) is 4.53. The fourth-order valence-electron chi connectivity index (χ4n) is 1.42. The van der Waals surface area contributed by atoms with E-state index in [9.17, 15) is 22.7 Å². The number of hydrogen-bond donors (Lipinski definition) is 1. The lowest BCUT2D eigenvalue weighted by Crippen LogP contribution is -2.22. The van der Waals surface area contributed by atoms with Crippen molar-refractivity contribution < 1.29 is 22.7 Å². The van der Waals surface area contributed by atoms with Gasteiger partial charge in [-0.3, -0.25) is 4.98 Å². The highest BCUT2D eigenvalue weighted by molar-refractivity contribution is 7.11. The Balaban J connectivity index is 2.39. The van der Waals surface area contributed by atoms with Crippen LogP contribution in [0.1, 0.15) is 22.5 Å². The summed E-state index contributed by atoms with van der Waals surface area (Å²) in [6.45, 7) is 1.28. The molecule has 0 aliphatic heterocycles. The minimum absolute atomic E-state index is 0.0149. The van der Waals surface area contributed by atoms with Crippen LogP contribution in [-0.4, -0.2) is 15.1 Å². The van der Waals surface area contributed by atoms with E-state index in [0.29, 0.717) is 11.3 Å². The summed E-state index contributed by atoms with van der Waals surface area (Å²) in [5.41, 5.74) is -1.71. The normalized spacial score (nSPS) is 15.3. The number of pyridine rings is 1. The molecule has 0 saturated carbocycles. The predicted molar refractivity (Wildman–Crippen MR) is 60.0 cm³/mol. The maximum Gasteiger partial charge on any atom is 0.443 e. The van der Waals surface area contributed by atoms with Crippen LogP contribution >= 0.6 is 11.3 Å². The molecule has 3 nitrogen and oxygen atoms in total. The number of halogens is 4. The monoisotopic (exact) mass is 292 g/mol. The van der Waals surface area contributed by atoms with E-state index in [2.05, 4.69) is 9.97 Å². The molecule has 2 rings (SSSR count). The highest BCUT2D eigenvalue weighted by Crippen LogP contribution is 2.38. The van der Waals surface area contributed by atoms with Gasteiger partial charge in [-0.1, -0.05) is 0 Å². The van der Waals surface area contributed by atoms with Crippen LogP contribution in [0.4, 0.5) is 17.6 Å². The van der Waals surface area contributed by atoms with Crippen molar-refractivity contribution in [2.24, 2.45) is 0 Å². The van der Waals surface area contributed by atoms with Gasteiger partial charge in [0.15, 0.2) is 5.01 Å². The van der Waals surface area contributed by atoms with Gasteiger partial charge in [0, 0.05) is 6.20 Å². The van der Waals surface area contributed by atoms with E-state index < -0.39 is 22.6 Å². The average molecular weight is 292 g/mol. The van der Waals surface area contributed by atoms with Crippen molar-refractivity contribution in [1.82, 2.24) is 9.97 Å². The fourth-order valence-corrected chi connectivity index (χ4v) is 2.26. The van der Waals surface area contributed by atoms with Crippen LogP contribution in [0.25, 0.3) is 0 Å². The van der Waals surface area contributed by atoms with E-state index in [4.69, 9.17) is 0 Å². The quantitative estimate of drug-likeness (QED) is 0.866. The molecule has 2 aromatic rings. The highest BCUT2D eigenvalue weighted by Gasteiger charge is 2.38. The molecule has 0 fully saturated rings. The molecule has 1 N–H and O–H groups in total. The van der Waals surface area contributed by atoms with Crippen LogP contribution < -0.4 is 0 Å². The van der Waals surface area contributed by atoms with Crippen LogP contribution in [0, 0.1) is 5.82 Å². The van der Waals surface area contributed by atoms with Gasteiger partial charge in [0.1, 0.15) is 11.4 Å². The second-order valence-electron chi connectivity index (χ2n) is 3.96. The Bertz CT molecular complexity index is 577. The maximum absolute atomic E-state index is 12.7. The molecule has 0 aliphatic rings. The fraction of sp³-hybridized carbons (Fsp3) is 0.273. The number of rotatable bonds is 2. The van der Waals surface area contributed by atoms with Crippen molar-refractivity contribution in [3.63, 3.8) is 0 Å². The lowest BCUT2D eigenvalue weighted by atomic mass is 10.0. The first-order valence-corrected chi connectivity index (χ1v) is 5.91. The van der Waals surface area contributed by atoms with Crippen LogP contribution in [0.2, 0.25) is 0 Å². The third-order valence-electron chi connectivity index (χ3n) is 2.45. The Morgan fingerprint density at radius 1 is 1.16 bits per heavy atom. The topological polar surface area (TPSA) is 46.0 Å². The molecule has 0 amide bonds. The third kappa shape index (κ3) is 2.74. The van der Waals surface area contributed by atoms with Gasteiger partial charge in [-0.15, -0.1) is 11.3 Å². The van der Waals surface area contributed by atoms with Crippen molar-refractivity contribution in [3.05, 3.63) is 45.9 Å². The first-order chi connectivity index (χ1) is 8.71. The summed E-state index contributed by atoms with van der Waals surface area (Å²) in [5.74, 6) is -0.597. The van der Waals surface area contributed by atoms with Crippen LogP contribution in [0.5, 0.6) is 0 Å². The van der Waals surface area contributed by atoms with E-state index in [0.717, 1.165) is 18.5 Å². The molecule has 0 aliphatic carbocycles. The lowest BCUT2D eigenvalue weighted by Gasteiger charge is -2.20. The summed E-state index contributed by atoms with van der Waals surface area (Å²) < 4.78 is 50.1. The molecule has 0 saturated heterocycles. The van der Waals surface area contributed by atoms with E-state index in [-0.39, 0.29) is 10.6 Å². The van der Waals surface area contributed by atoms with Gasteiger partial charge in [0.25, 0.3) is 0 Å². The number of thiazole rings is 1. The van der Waals surface area contributed by atoms with Gasteiger partial charge >= 0.3 is 6.18 Å². The Labute approximate surface area is 109 Å². The van der Waals surface area contributed by atoms with Crippen molar-refractivity contribution in [1.29, 1.82) is 0 Å². The Morgan fingerprint density at radius 3 is 2.32 bits per heavy atom. The maximum atomic E-state index is 12.7. The van der Waals surface area contributed by atoms with E-state index >= 15 is 0 Å². The number of nitrogens with zero attached hydrogens (tertiary/aromatic N) is 2. The molecule has 19 heavy (non-hydrogen) atoms. The molecule has 8 heteroatoms. The van der Waals surface area contributed by atoms with Gasteiger partial charge in [0.2, 0.25) is 0 Å². The average Bonchev–Trinajstić information content (AvgIpc) is 2.79. The summed E-state index contributed by atoms with van der Waals surface area (Å²) in [7, 11) is 0. The molecule has 0 spiro atoms. The summed E-state index contributed by atoms with van der Waals surface area (Å²) in [6, 6.07) is 2.28. The highest BCUT2D eigenvalue weighted by atomic mass is 32.1. The molecule has 1 atom stereocenters. The van der Waals surface area contributed by atoms with E-state index in [1.54, 1.807) is 0 Å². The van der Waals surface area contributed by atoms with Gasteiger partial charge in [0.05, 0.1) is 16.8 Å². The Morgan fingerprint density at radius 2 is 1.84 bits per heavy atom. The van der Waals surface area contributed by atoms with Gasteiger partial charge in [-0.2, -0.15) is 13.2 Å². The molecule has 0 aromatic carbocycles. The largest absolute Gasteiger partial charge is 0.443 e. The number of aliphatic hydroxyl groups is 1. The molecule has 0 radical (unpaired) electrons. The van der Waals surface area contributed by atoms with Crippen LogP contribution in [-0.2, 0) is 11.8 Å². The van der Waals surface area contributed by atoms with E-state index in [1.165, 1.54) is 13.0 Å². The van der Waals surface area contributed by atoms with Crippen molar-refractivity contribution in [3.8, 4) is 0 Å². The Kier molecular flexibility index (Phi) is 3.31. The molecular weight excluding hydrogens is 284 g/mol. The smallest absolute Gasteiger partial charge is 0.378 e. The zero-order valence-corrected chi connectivity index (χ0v) is 10.4. The molecule has 1 unspecified atom stereocenters. The molecule has 0 bridgehead atoms. The van der Waals surface area contributed by atoms with E-state index in [1.807, 2.05) is 0 Å². The predicted octanol–water partition coefficient (Wildman–Crippen LogP) is 2.95. The van der Waals surface area contributed by atoms with Gasteiger partial charge < -0.3 is 5.11 Å². The molecule has 102 valence electrons. The zero-order chi connectivity index (χ0) is 14.3. The molecular formula is C11H8F4N2OS. The summed E-state index contributed by atoms with van der Waals surface area (Å²) in [6.07, 6.45) is -2.73. The van der Waals surface area contributed by atoms with Crippen LogP contribution in [0.15, 0.2) is 24.5 Å². The van der Waals surface area contributed by atoms with Crippen molar-refractivity contribution in [2.45, 2.75) is 18.7 Å². The number of alkyl halides is 3. The second-order valence-corrected chi connectivity index (χ2v) is 4.99. The van der Waals surface area contributed by atoms with Gasteiger partial charge in [-0.25, -0.2) is 9.37 Å². The summed E-state index contributed by atoms with van der Waals surface area (Å²) >= 11 is 0.326. The SMILES string of the molecule is CC(O)(c1ccc(F)cn1)c1cnc(C(F)(F)F)s1. The lowest BCUT2D eigenvalue weighted by molar-refractivity contribution is -0.137. The minimum atomic E-state index is -4.56. The molecule has 2 aromatic heterocycles. The molecule has 2 heterocycles. The zero-order valence-electron chi connectivity index (χ0n) is 9.57. The first-order valence-electron chi connectivity index (χ1n) is 5.09. The third-order valence-corrected chi connectivity index (χ3v) is 3.71. The first kappa shape index (κ1) is 13.9. The van der Waals surface area contributed by atoms with Crippen molar-refractivity contribution in [2.75, 3.05) is 0 Å².